The van der Waals surface area contributed by atoms with Crippen molar-refractivity contribution in [1.29, 1.82) is 0 Å². The van der Waals surface area contributed by atoms with Crippen LogP contribution in [0.3, 0.4) is 0 Å². The molecule has 2 aromatic heterocycles. The second-order valence-corrected chi connectivity index (χ2v) is 4.64. The zero-order chi connectivity index (χ0) is 13.2. The molecule has 1 aliphatic rings. The van der Waals surface area contributed by atoms with E-state index in [0.717, 1.165) is 26.2 Å². The molecule has 0 unspecified atom stereocenters. The summed E-state index contributed by atoms with van der Waals surface area (Å²) < 4.78 is 5.25. The van der Waals surface area contributed by atoms with E-state index in [2.05, 4.69) is 32.0 Å². The molecule has 3 heterocycles. The Hall–Kier alpha value is -2.15. The van der Waals surface area contributed by atoms with Crippen LogP contribution in [0.4, 0.5) is 11.8 Å². The molecule has 19 heavy (non-hydrogen) atoms. The number of anilines is 2. The van der Waals surface area contributed by atoms with Gasteiger partial charge in [-0.1, -0.05) is 6.07 Å². The Morgan fingerprint density at radius 3 is 2.68 bits per heavy atom. The van der Waals surface area contributed by atoms with Crippen LogP contribution < -0.4 is 10.6 Å². The Morgan fingerprint density at radius 2 is 1.95 bits per heavy atom. The maximum Gasteiger partial charge on any atom is 0.278 e. The smallest absolute Gasteiger partial charge is 0.278 e. The first-order valence-corrected chi connectivity index (χ1v) is 6.22. The monoisotopic (exact) mass is 260 g/mol. The lowest BCUT2D eigenvalue weighted by Crippen LogP contribution is -2.44. The Labute approximate surface area is 111 Å². The molecule has 0 atom stereocenters. The summed E-state index contributed by atoms with van der Waals surface area (Å²) in [6.45, 7) is 3.81. The fraction of sp³-hybridized carbons (Fsp3) is 0.417. The molecule has 7 heteroatoms. The molecule has 7 nitrogen and oxygen atoms in total. The van der Waals surface area contributed by atoms with Gasteiger partial charge in [0.15, 0.2) is 0 Å². The highest BCUT2D eigenvalue weighted by atomic mass is 16.5. The summed E-state index contributed by atoms with van der Waals surface area (Å²) in [5.41, 5.74) is 6.25. The van der Waals surface area contributed by atoms with Gasteiger partial charge in [-0.2, -0.15) is 4.98 Å². The van der Waals surface area contributed by atoms with Gasteiger partial charge in [0.25, 0.3) is 11.8 Å². The third kappa shape index (κ3) is 2.50. The van der Waals surface area contributed by atoms with Crippen LogP contribution in [-0.4, -0.2) is 53.3 Å². The normalized spacial score (nSPS) is 16.8. The van der Waals surface area contributed by atoms with Gasteiger partial charge in [-0.05, 0) is 24.3 Å². The Kier molecular flexibility index (Phi) is 3.04. The average molecular weight is 260 g/mol. The van der Waals surface area contributed by atoms with Crippen LogP contribution >= 0.6 is 0 Å². The minimum absolute atomic E-state index is 0.404. The lowest BCUT2D eigenvalue weighted by atomic mass is 10.3. The number of nitrogens with two attached hydrogens (primary N) is 1. The maximum atomic E-state index is 5.64. The summed E-state index contributed by atoms with van der Waals surface area (Å²) in [7, 11) is 2.11. The van der Waals surface area contributed by atoms with Crippen molar-refractivity contribution < 1.29 is 4.52 Å². The van der Waals surface area contributed by atoms with Crippen molar-refractivity contribution in [2.45, 2.75) is 0 Å². The van der Waals surface area contributed by atoms with Gasteiger partial charge in [-0.25, -0.2) is 4.98 Å². The Bertz CT molecular complexity index is 561. The van der Waals surface area contributed by atoms with Crippen molar-refractivity contribution in [3.05, 3.63) is 18.2 Å². The summed E-state index contributed by atoms with van der Waals surface area (Å²) in [4.78, 5) is 12.9. The molecule has 0 bridgehead atoms. The zero-order valence-electron chi connectivity index (χ0n) is 10.8. The van der Waals surface area contributed by atoms with Crippen molar-refractivity contribution in [2.75, 3.05) is 43.9 Å². The van der Waals surface area contributed by atoms with Gasteiger partial charge in [0, 0.05) is 26.2 Å². The molecule has 1 aliphatic heterocycles. The highest BCUT2D eigenvalue weighted by Crippen LogP contribution is 2.19. The number of pyridine rings is 1. The molecule has 0 spiro atoms. The third-order valence-corrected chi connectivity index (χ3v) is 3.19. The first-order valence-electron chi connectivity index (χ1n) is 6.22. The number of nitrogens with zero attached hydrogens (tertiary/aromatic N) is 5. The second kappa shape index (κ2) is 4.85. The van der Waals surface area contributed by atoms with E-state index >= 15 is 0 Å². The van der Waals surface area contributed by atoms with E-state index in [1.807, 2.05) is 6.07 Å². The molecule has 3 rings (SSSR count). The van der Waals surface area contributed by atoms with E-state index in [1.54, 1.807) is 12.1 Å². The molecule has 2 N–H and O–H groups in total. The average Bonchev–Trinajstić information content (AvgIpc) is 2.89. The molecule has 1 fully saturated rings. The van der Waals surface area contributed by atoms with Gasteiger partial charge in [0.2, 0.25) is 0 Å². The highest BCUT2D eigenvalue weighted by molar-refractivity contribution is 5.52. The Morgan fingerprint density at radius 1 is 1.16 bits per heavy atom. The lowest BCUT2D eigenvalue weighted by Gasteiger charge is -2.31. The molecule has 2 aromatic rings. The SMILES string of the molecule is CN1CCN(c2noc(-c3cccc(N)n3)n2)CC1. The largest absolute Gasteiger partial charge is 0.384 e. The quantitative estimate of drug-likeness (QED) is 0.839. The first-order chi connectivity index (χ1) is 9.22. The number of likely N-dealkylation sites (N-methyl/N-ethyl adjacent to an activating group) is 1. The summed E-state index contributed by atoms with van der Waals surface area (Å²) in [5.74, 6) is 1.46. The zero-order valence-corrected chi connectivity index (χ0v) is 10.8. The molecule has 0 radical (unpaired) electrons. The third-order valence-electron chi connectivity index (χ3n) is 3.19. The van der Waals surface area contributed by atoms with Gasteiger partial charge < -0.3 is 20.1 Å². The summed E-state index contributed by atoms with van der Waals surface area (Å²) >= 11 is 0. The fourth-order valence-electron chi connectivity index (χ4n) is 2.03. The van der Waals surface area contributed by atoms with Gasteiger partial charge in [-0.3, -0.25) is 0 Å². The lowest BCUT2D eigenvalue weighted by molar-refractivity contribution is 0.309. The van der Waals surface area contributed by atoms with Crippen molar-refractivity contribution in [2.24, 2.45) is 0 Å². The molecule has 100 valence electrons. The number of aromatic nitrogens is 3. The van der Waals surface area contributed by atoms with Crippen molar-refractivity contribution in [3.63, 3.8) is 0 Å². The summed E-state index contributed by atoms with van der Waals surface area (Å²) in [5, 5.41) is 4.01. The molecule has 0 amide bonds. The summed E-state index contributed by atoms with van der Waals surface area (Å²) in [6.07, 6.45) is 0. The standard InChI is InChI=1S/C12H16N6O/c1-17-5-7-18(8-6-17)12-15-11(19-16-12)9-3-2-4-10(13)14-9/h2-4H,5-8H2,1H3,(H2,13,14). The van der Waals surface area contributed by atoms with Crippen molar-refractivity contribution in [1.82, 2.24) is 20.0 Å². The highest BCUT2D eigenvalue weighted by Gasteiger charge is 2.19. The minimum atomic E-state index is 0.404. The minimum Gasteiger partial charge on any atom is -0.384 e. The maximum absolute atomic E-state index is 5.64. The predicted molar refractivity (Wildman–Crippen MR) is 71.7 cm³/mol. The van der Waals surface area contributed by atoms with E-state index in [4.69, 9.17) is 10.3 Å². The van der Waals surface area contributed by atoms with Crippen LogP contribution in [0.15, 0.2) is 22.7 Å². The van der Waals surface area contributed by atoms with E-state index in [9.17, 15) is 0 Å². The van der Waals surface area contributed by atoms with Crippen LogP contribution in [0.5, 0.6) is 0 Å². The number of nitrogen functional groups attached to an aromatic ring is 1. The van der Waals surface area contributed by atoms with Crippen molar-refractivity contribution in [3.8, 4) is 11.6 Å². The summed E-state index contributed by atoms with van der Waals surface area (Å²) in [6, 6.07) is 5.34. The van der Waals surface area contributed by atoms with E-state index in [1.165, 1.54) is 0 Å². The Balaban J connectivity index is 1.80. The molecular formula is C12H16N6O. The van der Waals surface area contributed by atoms with Gasteiger partial charge >= 0.3 is 0 Å². The fourth-order valence-corrected chi connectivity index (χ4v) is 2.03. The van der Waals surface area contributed by atoms with Crippen LogP contribution in [0.25, 0.3) is 11.6 Å². The number of hydrogen-bond donors (Lipinski definition) is 1. The predicted octanol–water partition coefficient (Wildman–Crippen LogP) is 0.466. The number of piperazine rings is 1. The molecular weight excluding hydrogens is 244 g/mol. The number of hydrogen-bond acceptors (Lipinski definition) is 7. The second-order valence-electron chi connectivity index (χ2n) is 4.64. The van der Waals surface area contributed by atoms with E-state index < -0.39 is 0 Å². The van der Waals surface area contributed by atoms with Gasteiger partial charge in [0.1, 0.15) is 11.5 Å². The van der Waals surface area contributed by atoms with Crippen LogP contribution in [0, 0.1) is 0 Å². The van der Waals surface area contributed by atoms with Gasteiger partial charge in [-0.15, -0.1) is 0 Å². The van der Waals surface area contributed by atoms with Crippen molar-refractivity contribution >= 4 is 11.8 Å². The molecule has 0 aliphatic carbocycles. The van der Waals surface area contributed by atoms with E-state index in [-0.39, 0.29) is 0 Å². The van der Waals surface area contributed by atoms with Crippen LogP contribution in [-0.2, 0) is 0 Å². The molecule has 0 aromatic carbocycles. The molecule has 1 saturated heterocycles. The number of rotatable bonds is 2. The first kappa shape index (κ1) is 11.9. The van der Waals surface area contributed by atoms with E-state index in [0.29, 0.717) is 23.4 Å². The van der Waals surface area contributed by atoms with Crippen LogP contribution in [0.1, 0.15) is 0 Å². The topological polar surface area (TPSA) is 84.3 Å². The van der Waals surface area contributed by atoms with Gasteiger partial charge in [0.05, 0.1) is 0 Å². The van der Waals surface area contributed by atoms with Crippen LogP contribution in [0.2, 0.25) is 0 Å². The molecule has 0 saturated carbocycles.